The number of hydrogen-bond donors (Lipinski definition) is 2. The van der Waals surface area contributed by atoms with Crippen LogP contribution in [0.2, 0.25) is 0 Å². The molecule has 23 heavy (non-hydrogen) atoms. The normalized spacial score (nSPS) is 19.0. The Labute approximate surface area is 148 Å². The van der Waals surface area contributed by atoms with E-state index < -0.39 is 0 Å². The molecule has 2 unspecified atom stereocenters. The van der Waals surface area contributed by atoms with Gasteiger partial charge in [0, 0.05) is 26.4 Å². The summed E-state index contributed by atoms with van der Waals surface area (Å²) in [6, 6.07) is 14.6. The van der Waals surface area contributed by atoms with Gasteiger partial charge in [0.2, 0.25) is 5.91 Å². The number of carbonyl (C=O) groups excluding carboxylic acids is 2. The number of carbonyl (C=O) groups is 2. The molecule has 5 heteroatoms. The van der Waals surface area contributed by atoms with Crippen molar-refractivity contribution >= 4 is 45.8 Å². The molecule has 4 nitrogen and oxygen atoms in total. The van der Waals surface area contributed by atoms with Crippen molar-refractivity contribution in [2.45, 2.75) is 13.3 Å². The largest absolute Gasteiger partial charge is 0.326 e. The van der Waals surface area contributed by atoms with Crippen molar-refractivity contribution in [1.29, 1.82) is 0 Å². The molecule has 0 saturated heterocycles. The van der Waals surface area contributed by atoms with Crippen molar-refractivity contribution in [3.8, 4) is 0 Å². The molecule has 0 aliphatic heterocycles. The van der Waals surface area contributed by atoms with E-state index in [1.54, 1.807) is 24.3 Å². The van der Waals surface area contributed by atoms with Gasteiger partial charge < -0.3 is 10.6 Å². The molecule has 0 bridgehead atoms. The average molecular weight is 420 g/mol. The van der Waals surface area contributed by atoms with Gasteiger partial charge in [0.25, 0.3) is 5.91 Å². The number of hydrogen-bond acceptors (Lipinski definition) is 2. The highest BCUT2D eigenvalue weighted by atomic mass is 127. The van der Waals surface area contributed by atoms with Crippen LogP contribution in [-0.4, -0.2) is 11.8 Å². The van der Waals surface area contributed by atoms with Crippen LogP contribution in [0, 0.1) is 15.4 Å². The molecule has 1 saturated carbocycles. The smallest absolute Gasteiger partial charge is 0.255 e. The Morgan fingerprint density at radius 2 is 1.70 bits per heavy atom. The summed E-state index contributed by atoms with van der Waals surface area (Å²) < 4.78 is 1.06. The first-order chi connectivity index (χ1) is 11.0. The Morgan fingerprint density at radius 1 is 1.04 bits per heavy atom. The highest BCUT2D eigenvalue weighted by Crippen LogP contribution is 2.38. The van der Waals surface area contributed by atoms with Gasteiger partial charge in [0.15, 0.2) is 0 Å². The maximum Gasteiger partial charge on any atom is 0.255 e. The first-order valence-corrected chi connectivity index (χ1v) is 8.58. The first kappa shape index (κ1) is 16.0. The number of halogens is 1. The Bertz CT molecular complexity index is 760. The predicted molar refractivity (Wildman–Crippen MR) is 99.5 cm³/mol. The van der Waals surface area contributed by atoms with Crippen molar-refractivity contribution in [2.75, 3.05) is 10.6 Å². The summed E-state index contributed by atoms with van der Waals surface area (Å²) >= 11 is 2.20. The van der Waals surface area contributed by atoms with Gasteiger partial charge in [-0.1, -0.05) is 19.1 Å². The zero-order chi connectivity index (χ0) is 16.4. The third-order valence-corrected chi connectivity index (χ3v) is 4.59. The Hall–Kier alpha value is -1.89. The van der Waals surface area contributed by atoms with Crippen LogP contribution in [0.5, 0.6) is 0 Å². The van der Waals surface area contributed by atoms with E-state index in [0.717, 1.165) is 15.7 Å². The second kappa shape index (κ2) is 6.70. The van der Waals surface area contributed by atoms with Crippen molar-refractivity contribution < 1.29 is 9.59 Å². The lowest BCUT2D eigenvalue weighted by molar-refractivity contribution is -0.117. The van der Waals surface area contributed by atoms with E-state index in [1.807, 2.05) is 24.3 Å². The minimum Gasteiger partial charge on any atom is -0.326 e. The molecule has 3 rings (SSSR count). The lowest BCUT2D eigenvalue weighted by Crippen LogP contribution is -2.16. The van der Waals surface area contributed by atoms with Gasteiger partial charge in [-0.25, -0.2) is 0 Å². The number of benzene rings is 2. The molecule has 1 fully saturated rings. The SMILES string of the molecule is CC1CC1C(=O)Nc1cccc(C(=O)Nc2cccc(I)c2)c1. The summed E-state index contributed by atoms with van der Waals surface area (Å²) in [5.41, 5.74) is 1.93. The molecular weight excluding hydrogens is 403 g/mol. The summed E-state index contributed by atoms with van der Waals surface area (Å²) in [6.45, 7) is 2.06. The molecule has 2 N–H and O–H groups in total. The molecule has 0 heterocycles. The molecule has 118 valence electrons. The molecular formula is C18H17IN2O2. The molecule has 0 spiro atoms. The summed E-state index contributed by atoms with van der Waals surface area (Å²) in [5, 5.41) is 5.75. The van der Waals surface area contributed by atoms with Gasteiger partial charge in [-0.2, -0.15) is 0 Å². The molecule has 2 amide bonds. The van der Waals surface area contributed by atoms with Crippen molar-refractivity contribution in [1.82, 2.24) is 0 Å². The van der Waals surface area contributed by atoms with Crippen LogP contribution in [0.1, 0.15) is 23.7 Å². The minimum absolute atomic E-state index is 0.0349. The van der Waals surface area contributed by atoms with Gasteiger partial charge in [0.1, 0.15) is 0 Å². The molecule has 2 aromatic carbocycles. The first-order valence-electron chi connectivity index (χ1n) is 7.51. The topological polar surface area (TPSA) is 58.2 Å². The molecule has 1 aliphatic carbocycles. The molecule has 0 aromatic heterocycles. The minimum atomic E-state index is -0.192. The van der Waals surface area contributed by atoms with Crippen LogP contribution >= 0.6 is 22.6 Å². The van der Waals surface area contributed by atoms with Crippen LogP contribution in [0.25, 0.3) is 0 Å². The molecule has 1 aliphatic rings. The quantitative estimate of drug-likeness (QED) is 0.731. The zero-order valence-corrected chi connectivity index (χ0v) is 14.8. The average Bonchev–Trinajstić information content (AvgIpc) is 3.25. The number of anilines is 2. The van der Waals surface area contributed by atoms with E-state index in [2.05, 4.69) is 40.1 Å². The fourth-order valence-corrected chi connectivity index (χ4v) is 2.97. The van der Waals surface area contributed by atoms with Gasteiger partial charge in [0.05, 0.1) is 0 Å². The zero-order valence-electron chi connectivity index (χ0n) is 12.7. The van der Waals surface area contributed by atoms with E-state index >= 15 is 0 Å². The van der Waals surface area contributed by atoms with E-state index in [4.69, 9.17) is 0 Å². The highest BCUT2D eigenvalue weighted by molar-refractivity contribution is 14.1. The van der Waals surface area contributed by atoms with Crippen LogP contribution in [0.4, 0.5) is 11.4 Å². The summed E-state index contributed by atoms with van der Waals surface area (Å²) in [4.78, 5) is 24.3. The number of amides is 2. The second-order valence-electron chi connectivity index (χ2n) is 5.85. The van der Waals surface area contributed by atoms with Crippen molar-refractivity contribution in [3.63, 3.8) is 0 Å². The van der Waals surface area contributed by atoms with Gasteiger partial charge in [-0.05, 0) is 71.3 Å². The summed E-state index contributed by atoms with van der Waals surface area (Å²) in [5.74, 6) is 0.413. The lowest BCUT2D eigenvalue weighted by atomic mass is 10.1. The van der Waals surface area contributed by atoms with Crippen LogP contribution in [0.3, 0.4) is 0 Å². The van der Waals surface area contributed by atoms with E-state index in [1.165, 1.54) is 0 Å². The maximum atomic E-state index is 12.3. The predicted octanol–water partition coefficient (Wildman–Crippen LogP) is 4.14. The van der Waals surface area contributed by atoms with Crippen molar-refractivity contribution in [2.24, 2.45) is 11.8 Å². The lowest BCUT2D eigenvalue weighted by Gasteiger charge is -2.08. The Kier molecular flexibility index (Phi) is 4.66. The van der Waals surface area contributed by atoms with Gasteiger partial charge >= 0.3 is 0 Å². The fraction of sp³-hybridized carbons (Fsp3) is 0.222. The fourth-order valence-electron chi connectivity index (χ4n) is 2.43. The third-order valence-electron chi connectivity index (χ3n) is 3.92. The standard InChI is InChI=1S/C18H17IN2O2/c1-11-8-16(11)18(23)21-14-6-2-4-12(9-14)17(22)20-15-7-3-5-13(19)10-15/h2-7,9-11,16H,8H2,1H3,(H,20,22)(H,21,23). The number of nitrogens with one attached hydrogen (secondary N) is 2. The maximum absolute atomic E-state index is 12.3. The molecule has 2 atom stereocenters. The summed E-state index contributed by atoms with van der Waals surface area (Å²) in [6.07, 6.45) is 0.943. The Morgan fingerprint density at radius 3 is 2.35 bits per heavy atom. The van der Waals surface area contributed by atoms with Crippen LogP contribution in [0.15, 0.2) is 48.5 Å². The third kappa shape index (κ3) is 4.10. The Balaban J connectivity index is 1.69. The van der Waals surface area contributed by atoms with Crippen LogP contribution in [-0.2, 0) is 4.79 Å². The van der Waals surface area contributed by atoms with Crippen molar-refractivity contribution in [3.05, 3.63) is 57.7 Å². The van der Waals surface area contributed by atoms with E-state index in [-0.39, 0.29) is 17.7 Å². The molecule has 0 radical (unpaired) electrons. The van der Waals surface area contributed by atoms with Gasteiger partial charge in [-0.3, -0.25) is 9.59 Å². The molecule has 2 aromatic rings. The van der Waals surface area contributed by atoms with E-state index in [9.17, 15) is 9.59 Å². The second-order valence-corrected chi connectivity index (χ2v) is 7.10. The van der Waals surface area contributed by atoms with Gasteiger partial charge in [-0.15, -0.1) is 0 Å². The van der Waals surface area contributed by atoms with E-state index in [0.29, 0.717) is 17.2 Å². The van der Waals surface area contributed by atoms with Crippen LogP contribution < -0.4 is 10.6 Å². The summed E-state index contributed by atoms with van der Waals surface area (Å²) in [7, 11) is 0. The number of rotatable bonds is 4. The highest BCUT2D eigenvalue weighted by Gasteiger charge is 2.39. The monoisotopic (exact) mass is 420 g/mol.